The summed E-state index contributed by atoms with van der Waals surface area (Å²) in [6, 6.07) is 14.4. The Hall–Kier alpha value is -4.56. The number of anilines is 1. The number of hydrogen-bond donors (Lipinski definition) is 3. The van der Waals surface area contributed by atoms with E-state index in [1.807, 2.05) is 43.5 Å². The van der Waals surface area contributed by atoms with Crippen LogP contribution in [0.2, 0.25) is 0 Å². The first-order valence-electron chi connectivity index (χ1n) is 11.9. The second kappa shape index (κ2) is 8.90. The molecule has 178 valence electrons. The molecule has 0 unspecified atom stereocenters. The lowest BCUT2D eigenvalue weighted by Crippen LogP contribution is -2.56. The molecule has 0 amide bonds. The topological polar surface area (TPSA) is 112 Å². The van der Waals surface area contributed by atoms with Gasteiger partial charge < -0.3 is 15.6 Å². The van der Waals surface area contributed by atoms with Crippen molar-refractivity contribution in [1.29, 1.82) is 0 Å². The molecule has 1 saturated heterocycles. The van der Waals surface area contributed by atoms with Crippen molar-refractivity contribution < 1.29 is 0 Å². The highest BCUT2D eigenvalue weighted by Gasteiger charge is 2.24. The third-order valence-corrected chi connectivity index (χ3v) is 6.51. The van der Waals surface area contributed by atoms with Crippen molar-refractivity contribution in [2.45, 2.75) is 13.0 Å². The van der Waals surface area contributed by atoms with Crippen molar-refractivity contribution in [1.82, 2.24) is 30.1 Å². The quantitative estimate of drug-likeness (QED) is 0.361. The smallest absolute Gasteiger partial charge is 0.147 e. The highest BCUT2D eigenvalue weighted by molar-refractivity contribution is 5.97. The van der Waals surface area contributed by atoms with E-state index in [4.69, 9.17) is 10.7 Å². The summed E-state index contributed by atoms with van der Waals surface area (Å²) in [5.74, 6) is 0.835. The summed E-state index contributed by atoms with van der Waals surface area (Å²) in [5, 5.41) is 10.3. The van der Waals surface area contributed by atoms with Crippen molar-refractivity contribution in [2.75, 3.05) is 18.0 Å². The Labute approximate surface area is 207 Å². The van der Waals surface area contributed by atoms with Gasteiger partial charge in [-0.15, -0.1) is 0 Å². The molecule has 4 aromatic heterocycles. The van der Waals surface area contributed by atoms with Crippen molar-refractivity contribution in [3.63, 3.8) is 0 Å². The molecule has 5 heterocycles. The van der Waals surface area contributed by atoms with Gasteiger partial charge in [0, 0.05) is 47.0 Å². The highest BCUT2D eigenvalue weighted by atomic mass is 15.3. The maximum absolute atomic E-state index is 5.95. The van der Waals surface area contributed by atoms with Crippen LogP contribution in [-0.2, 0) is 0 Å². The Morgan fingerprint density at radius 2 is 2.06 bits per heavy atom. The zero-order chi connectivity index (χ0) is 24.6. The van der Waals surface area contributed by atoms with E-state index >= 15 is 0 Å². The molecule has 1 aliphatic heterocycles. The molecule has 1 fully saturated rings. The Kier molecular flexibility index (Phi) is 5.42. The Morgan fingerprint density at radius 1 is 1.17 bits per heavy atom. The Morgan fingerprint density at radius 3 is 2.83 bits per heavy atom. The maximum Gasteiger partial charge on any atom is 0.147 e. The fraction of sp³-hybridized carbons (Fsp3) is 0.143. The van der Waals surface area contributed by atoms with E-state index in [9.17, 15) is 0 Å². The minimum Gasteiger partial charge on any atom is -0.353 e. The minimum absolute atomic E-state index is 0.194. The summed E-state index contributed by atoms with van der Waals surface area (Å²) in [5.41, 5.74) is 12.4. The lowest BCUT2D eigenvalue weighted by Gasteiger charge is -2.37. The molecule has 0 aliphatic carbocycles. The van der Waals surface area contributed by atoms with E-state index in [-0.39, 0.29) is 6.04 Å². The van der Waals surface area contributed by atoms with Gasteiger partial charge in [0.25, 0.3) is 0 Å². The molecule has 0 atom stereocenters. The molecule has 1 aromatic carbocycles. The molecule has 1 aliphatic rings. The number of aromatic nitrogens is 6. The predicted octanol–water partition coefficient (Wildman–Crippen LogP) is 2.85. The van der Waals surface area contributed by atoms with Gasteiger partial charge in [-0.25, -0.2) is 4.98 Å². The molecule has 0 bridgehead atoms. The summed E-state index contributed by atoms with van der Waals surface area (Å²) in [6.45, 7) is 7.76. The van der Waals surface area contributed by atoms with E-state index in [1.54, 1.807) is 12.4 Å². The van der Waals surface area contributed by atoms with Crippen LogP contribution in [0.3, 0.4) is 0 Å². The first-order valence-corrected chi connectivity index (χ1v) is 11.9. The van der Waals surface area contributed by atoms with Crippen LogP contribution in [-0.4, -0.2) is 49.3 Å². The van der Waals surface area contributed by atoms with E-state index in [0.29, 0.717) is 0 Å². The molecule has 0 spiro atoms. The van der Waals surface area contributed by atoms with Crippen molar-refractivity contribution >= 4 is 34.9 Å². The second-order valence-electron chi connectivity index (χ2n) is 8.95. The third-order valence-electron chi connectivity index (χ3n) is 6.51. The van der Waals surface area contributed by atoms with Crippen LogP contribution < -0.4 is 21.2 Å². The lowest BCUT2D eigenvalue weighted by atomic mass is 10.1. The number of H-pyrrole nitrogens is 2. The van der Waals surface area contributed by atoms with Gasteiger partial charge in [0.15, 0.2) is 0 Å². The molecule has 0 radical (unpaired) electrons. The SMILES string of the molecule is C=c1[nH]nc(-c2cc3c(-c4ccccn4)cccc3[nH]2)/c1=C/C(=C\C)c1cncc(N2CC(N)C2)n1. The van der Waals surface area contributed by atoms with Gasteiger partial charge in [0.2, 0.25) is 0 Å². The second-order valence-corrected chi connectivity index (χ2v) is 8.95. The molecule has 36 heavy (non-hydrogen) atoms. The monoisotopic (exact) mass is 474 g/mol. The molecule has 5 aromatic rings. The fourth-order valence-electron chi connectivity index (χ4n) is 4.58. The van der Waals surface area contributed by atoms with Crippen molar-refractivity contribution in [3.8, 4) is 22.6 Å². The van der Waals surface area contributed by atoms with Gasteiger partial charge in [-0.2, -0.15) is 5.10 Å². The van der Waals surface area contributed by atoms with Gasteiger partial charge in [0.1, 0.15) is 11.5 Å². The molecular weight excluding hydrogens is 448 g/mol. The number of hydrogen-bond acceptors (Lipinski definition) is 6. The first-order chi connectivity index (χ1) is 17.6. The zero-order valence-electron chi connectivity index (χ0n) is 19.9. The molecule has 8 heteroatoms. The summed E-state index contributed by atoms with van der Waals surface area (Å²) < 4.78 is 0. The van der Waals surface area contributed by atoms with Gasteiger partial charge in [0.05, 0.1) is 34.8 Å². The maximum atomic E-state index is 5.95. The number of nitrogens with one attached hydrogen (secondary N) is 2. The number of rotatable bonds is 5. The van der Waals surface area contributed by atoms with Gasteiger partial charge in [-0.1, -0.05) is 30.9 Å². The normalized spacial score (nSPS) is 15.0. The van der Waals surface area contributed by atoms with Crippen LogP contribution in [0, 0.1) is 0 Å². The molecule has 0 saturated carbocycles. The molecule has 6 rings (SSSR count). The van der Waals surface area contributed by atoms with Crippen LogP contribution in [0.4, 0.5) is 5.82 Å². The minimum atomic E-state index is 0.194. The summed E-state index contributed by atoms with van der Waals surface area (Å²) in [6.07, 6.45) is 9.45. The van der Waals surface area contributed by atoms with Gasteiger partial charge >= 0.3 is 0 Å². The number of aromatic amines is 2. The summed E-state index contributed by atoms with van der Waals surface area (Å²) >= 11 is 0. The number of fused-ring (bicyclic) bond motifs is 1. The van der Waals surface area contributed by atoms with Crippen molar-refractivity contribution in [3.05, 3.63) is 83.4 Å². The van der Waals surface area contributed by atoms with Gasteiger partial charge in [-0.05, 0) is 42.8 Å². The van der Waals surface area contributed by atoms with Crippen LogP contribution >= 0.6 is 0 Å². The highest BCUT2D eigenvalue weighted by Crippen LogP contribution is 2.30. The van der Waals surface area contributed by atoms with Crippen LogP contribution in [0.15, 0.2) is 67.1 Å². The zero-order valence-corrected chi connectivity index (χ0v) is 19.9. The van der Waals surface area contributed by atoms with Crippen LogP contribution in [0.25, 0.3) is 51.8 Å². The number of nitrogens with two attached hydrogens (primary N) is 1. The molecule has 4 N–H and O–H groups in total. The molecular formula is C28H26N8. The number of allylic oxidation sites excluding steroid dienone is 2. The lowest BCUT2D eigenvalue weighted by molar-refractivity contribution is 0.513. The summed E-state index contributed by atoms with van der Waals surface area (Å²) in [4.78, 5) is 19.5. The average Bonchev–Trinajstić information content (AvgIpc) is 3.49. The van der Waals surface area contributed by atoms with Crippen LogP contribution in [0.1, 0.15) is 12.6 Å². The van der Waals surface area contributed by atoms with Crippen LogP contribution in [0.5, 0.6) is 0 Å². The third kappa shape index (κ3) is 3.87. The fourth-order valence-corrected chi connectivity index (χ4v) is 4.58. The standard InChI is InChI=1S/C28H26N8/c1-3-18(26-13-30-14-27(33-26)36-15-19(29)16-36)11-21-17(2)34-35-28(21)25-12-22-20(7-6-9-24(22)32-25)23-8-4-5-10-31-23/h3-14,19,32,34H,2,15-16,29H2,1H3/b18-3+,21-11+. The molecule has 8 nitrogen and oxygen atoms in total. The number of benzene rings is 1. The number of pyridine rings is 1. The average molecular weight is 475 g/mol. The predicted molar refractivity (Wildman–Crippen MR) is 144 cm³/mol. The van der Waals surface area contributed by atoms with E-state index < -0.39 is 0 Å². The Bertz CT molecular complexity index is 1690. The van der Waals surface area contributed by atoms with E-state index in [1.165, 1.54) is 0 Å². The Balaban J connectivity index is 1.42. The number of nitrogens with zero attached hydrogens (tertiary/aromatic N) is 5. The van der Waals surface area contributed by atoms with E-state index in [2.05, 4.69) is 60.9 Å². The van der Waals surface area contributed by atoms with Gasteiger partial charge in [-0.3, -0.25) is 15.1 Å². The van der Waals surface area contributed by atoms with E-state index in [0.717, 1.165) is 74.3 Å². The van der Waals surface area contributed by atoms with Crippen molar-refractivity contribution in [2.24, 2.45) is 5.73 Å². The first kappa shape index (κ1) is 21.9. The summed E-state index contributed by atoms with van der Waals surface area (Å²) in [7, 11) is 0. The largest absolute Gasteiger partial charge is 0.353 e.